The molecule has 2 rings (SSSR count). The lowest BCUT2D eigenvalue weighted by atomic mass is 10.1. The first-order chi connectivity index (χ1) is 7.08. The molecule has 0 saturated heterocycles. The van der Waals surface area contributed by atoms with Crippen LogP contribution >= 0.6 is 11.6 Å². The lowest BCUT2D eigenvalue weighted by Crippen LogP contribution is -2.13. The number of fused-ring (bicyclic) bond motifs is 1. The predicted octanol–water partition coefficient (Wildman–Crippen LogP) is 2.30. The summed E-state index contributed by atoms with van der Waals surface area (Å²) in [5.74, 6) is -0.528. The lowest BCUT2D eigenvalue weighted by molar-refractivity contribution is 0.0996. The summed E-state index contributed by atoms with van der Waals surface area (Å²) in [6.07, 6.45) is 0. The molecule has 0 spiro atoms. The molecule has 0 atom stereocenters. The number of amides is 1. The minimum Gasteiger partial charge on any atom is -0.364 e. The molecule has 1 amide bonds. The zero-order chi connectivity index (χ0) is 11.0. The Labute approximate surface area is 91.9 Å². The van der Waals surface area contributed by atoms with Crippen molar-refractivity contribution in [1.82, 2.24) is 4.98 Å². The molecule has 0 aliphatic carbocycles. The van der Waals surface area contributed by atoms with Crippen molar-refractivity contribution in [2.45, 2.75) is 6.92 Å². The van der Waals surface area contributed by atoms with E-state index in [1.165, 1.54) is 0 Å². The number of pyridine rings is 1. The number of aryl methyl sites for hydroxylation is 1. The van der Waals surface area contributed by atoms with Gasteiger partial charge in [0.15, 0.2) is 0 Å². The van der Waals surface area contributed by atoms with Gasteiger partial charge in [0.05, 0.1) is 5.52 Å². The lowest BCUT2D eigenvalue weighted by Gasteiger charge is -2.04. The van der Waals surface area contributed by atoms with E-state index in [1.807, 2.05) is 13.0 Å². The highest BCUT2D eigenvalue weighted by atomic mass is 35.5. The van der Waals surface area contributed by atoms with Gasteiger partial charge in [-0.2, -0.15) is 0 Å². The van der Waals surface area contributed by atoms with E-state index in [-0.39, 0.29) is 5.69 Å². The standard InChI is InChI=1S/C11H9ClN2O/c1-6-4-10(11(13)15)14-9-5-7(12)2-3-8(6)9/h2-5H,1H3,(H2,13,15). The molecule has 0 fully saturated rings. The van der Waals surface area contributed by atoms with Crippen molar-refractivity contribution in [3.05, 3.63) is 40.5 Å². The van der Waals surface area contributed by atoms with Crippen molar-refractivity contribution in [1.29, 1.82) is 0 Å². The average molecular weight is 221 g/mol. The Morgan fingerprint density at radius 2 is 2.13 bits per heavy atom. The van der Waals surface area contributed by atoms with Gasteiger partial charge >= 0.3 is 0 Å². The van der Waals surface area contributed by atoms with Crippen LogP contribution in [-0.4, -0.2) is 10.9 Å². The summed E-state index contributed by atoms with van der Waals surface area (Å²) in [7, 11) is 0. The second kappa shape index (κ2) is 3.51. The Morgan fingerprint density at radius 3 is 2.80 bits per heavy atom. The molecule has 4 heteroatoms. The highest BCUT2D eigenvalue weighted by Crippen LogP contribution is 2.21. The Morgan fingerprint density at radius 1 is 1.40 bits per heavy atom. The molecule has 0 saturated carbocycles. The first-order valence-electron chi connectivity index (χ1n) is 4.44. The second-order valence-corrected chi connectivity index (χ2v) is 3.79. The maximum Gasteiger partial charge on any atom is 0.267 e. The number of hydrogen-bond donors (Lipinski definition) is 1. The third-order valence-electron chi connectivity index (χ3n) is 2.23. The third-order valence-corrected chi connectivity index (χ3v) is 2.47. The molecule has 0 unspecified atom stereocenters. The number of hydrogen-bond acceptors (Lipinski definition) is 2. The summed E-state index contributed by atoms with van der Waals surface area (Å²) in [4.78, 5) is 15.1. The first-order valence-corrected chi connectivity index (χ1v) is 4.82. The van der Waals surface area contributed by atoms with E-state index >= 15 is 0 Å². The fourth-order valence-corrected chi connectivity index (χ4v) is 1.67. The summed E-state index contributed by atoms with van der Waals surface area (Å²) in [6.45, 7) is 1.91. The van der Waals surface area contributed by atoms with Crippen molar-refractivity contribution >= 4 is 28.4 Å². The summed E-state index contributed by atoms with van der Waals surface area (Å²) in [5.41, 5.74) is 7.10. The van der Waals surface area contributed by atoms with Gasteiger partial charge in [-0.15, -0.1) is 0 Å². The fourth-order valence-electron chi connectivity index (χ4n) is 1.50. The quantitative estimate of drug-likeness (QED) is 0.802. The van der Waals surface area contributed by atoms with Crippen LogP contribution in [0.2, 0.25) is 5.02 Å². The van der Waals surface area contributed by atoms with E-state index < -0.39 is 5.91 Å². The summed E-state index contributed by atoms with van der Waals surface area (Å²) in [6, 6.07) is 7.07. The highest BCUT2D eigenvalue weighted by molar-refractivity contribution is 6.31. The minimum atomic E-state index is -0.528. The number of halogens is 1. The molecule has 1 heterocycles. The van der Waals surface area contributed by atoms with E-state index in [9.17, 15) is 4.79 Å². The Balaban J connectivity index is 2.79. The van der Waals surface area contributed by atoms with Crippen molar-refractivity contribution in [2.75, 3.05) is 0 Å². The molecule has 15 heavy (non-hydrogen) atoms. The van der Waals surface area contributed by atoms with Gasteiger partial charge in [0, 0.05) is 10.4 Å². The molecule has 3 nitrogen and oxygen atoms in total. The Kier molecular flexibility index (Phi) is 2.32. The van der Waals surface area contributed by atoms with E-state index in [4.69, 9.17) is 17.3 Å². The van der Waals surface area contributed by atoms with Gasteiger partial charge in [-0.05, 0) is 30.7 Å². The second-order valence-electron chi connectivity index (χ2n) is 3.35. The number of nitrogens with zero attached hydrogens (tertiary/aromatic N) is 1. The zero-order valence-electron chi connectivity index (χ0n) is 8.12. The molecule has 2 aromatic rings. The number of rotatable bonds is 1. The minimum absolute atomic E-state index is 0.266. The smallest absolute Gasteiger partial charge is 0.267 e. The maximum atomic E-state index is 11.0. The molecule has 1 aromatic heterocycles. The van der Waals surface area contributed by atoms with Gasteiger partial charge in [0.1, 0.15) is 5.69 Å². The third kappa shape index (κ3) is 1.78. The fraction of sp³-hybridized carbons (Fsp3) is 0.0909. The molecular formula is C11H9ClN2O. The van der Waals surface area contributed by atoms with Crippen LogP contribution in [0.3, 0.4) is 0 Å². The Hall–Kier alpha value is -1.61. The highest BCUT2D eigenvalue weighted by Gasteiger charge is 2.06. The summed E-state index contributed by atoms with van der Waals surface area (Å²) >= 11 is 5.85. The van der Waals surface area contributed by atoms with Crippen LogP contribution in [0.15, 0.2) is 24.3 Å². The van der Waals surface area contributed by atoms with Crippen molar-refractivity contribution < 1.29 is 4.79 Å². The van der Waals surface area contributed by atoms with E-state index in [2.05, 4.69) is 4.98 Å². The van der Waals surface area contributed by atoms with Crippen LogP contribution in [0.5, 0.6) is 0 Å². The van der Waals surface area contributed by atoms with Gasteiger partial charge < -0.3 is 5.73 Å². The summed E-state index contributed by atoms with van der Waals surface area (Å²) in [5, 5.41) is 1.57. The van der Waals surface area contributed by atoms with Crippen molar-refractivity contribution in [3.63, 3.8) is 0 Å². The molecule has 2 N–H and O–H groups in total. The number of carbonyl (C=O) groups is 1. The van der Waals surface area contributed by atoms with Crippen molar-refractivity contribution in [3.8, 4) is 0 Å². The van der Waals surface area contributed by atoms with Crippen LogP contribution in [0, 0.1) is 6.92 Å². The van der Waals surface area contributed by atoms with Gasteiger partial charge in [-0.25, -0.2) is 4.98 Å². The summed E-state index contributed by atoms with van der Waals surface area (Å²) < 4.78 is 0. The molecule has 0 radical (unpaired) electrons. The topological polar surface area (TPSA) is 56.0 Å². The van der Waals surface area contributed by atoms with Crippen LogP contribution < -0.4 is 5.73 Å². The van der Waals surface area contributed by atoms with Crippen LogP contribution in [-0.2, 0) is 0 Å². The number of benzene rings is 1. The molecule has 1 aromatic carbocycles. The predicted molar refractivity (Wildman–Crippen MR) is 60.0 cm³/mol. The molecule has 76 valence electrons. The number of carbonyl (C=O) groups excluding carboxylic acids is 1. The number of nitrogens with two attached hydrogens (primary N) is 1. The largest absolute Gasteiger partial charge is 0.364 e. The molecular weight excluding hydrogens is 212 g/mol. The first kappa shape index (κ1) is 9.93. The van der Waals surface area contributed by atoms with Gasteiger partial charge in [0.25, 0.3) is 5.91 Å². The number of aromatic nitrogens is 1. The average Bonchev–Trinajstić information content (AvgIpc) is 2.16. The Bertz CT molecular complexity index is 552. The molecule has 0 aliphatic rings. The molecule has 0 bridgehead atoms. The maximum absolute atomic E-state index is 11.0. The van der Waals surface area contributed by atoms with Gasteiger partial charge in [0.2, 0.25) is 0 Å². The van der Waals surface area contributed by atoms with Crippen LogP contribution in [0.4, 0.5) is 0 Å². The zero-order valence-corrected chi connectivity index (χ0v) is 8.88. The number of primary amides is 1. The van der Waals surface area contributed by atoms with Crippen LogP contribution in [0.1, 0.15) is 16.1 Å². The van der Waals surface area contributed by atoms with E-state index in [0.717, 1.165) is 10.9 Å². The van der Waals surface area contributed by atoms with Crippen molar-refractivity contribution in [2.24, 2.45) is 5.73 Å². The SMILES string of the molecule is Cc1cc(C(N)=O)nc2cc(Cl)ccc12. The van der Waals surface area contributed by atoms with Gasteiger partial charge in [-0.1, -0.05) is 17.7 Å². The molecule has 0 aliphatic heterocycles. The monoisotopic (exact) mass is 220 g/mol. The van der Waals surface area contributed by atoms with E-state index in [0.29, 0.717) is 10.5 Å². The van der Waals surface area contributed by atoms with Crippen LogP contribution in [0.25, 0.3) is 10.9 Å². The van der Waals surface area contributed by atoms with E-state index in [1.54, 1.807) is 18.2 Å². The van der Waals surface area contributed by atoms with Gasteiger partial charge in [-0.3, -0.25) is 4.79 Å². The normalized spacial score (nSPS) is 10.5.